The molecule has 0 atom stereocenters. The lowest BCUT2D eigenvalue weighted by atomic mass is 10.1. The van der Waals surface area contributed by atoms with Crippen LogP contribution in [-0.4, -0.2) is 7.05 Å². The van der Waals surface area contributed by atoms with Gasteiger partial charge in [-0.25, -0.2) is 0 Å². The van der Waals surface area contributed by atoms with Gasteiger partial charge in [0.1, 0.15) is 0 Å². The van der Waals surface area contributed by atoms with E-state index in [2.05, 4.69) is 63.0 Å². The summed E-state index contributed by atoms with van der Waals surface area (Å²) in [6.45, 7) is 10.1. The molecule has 0 spiro atoms. The minimum absolute atomic E-state index is 0.907. The molecule has 0 bridgehead atoms. The van der Waals surface area contributed by atoms with E-state index in [0.29, 0.717) is 0 Å². The minimum Gasteiger partial charge on any atom is -0.391 e. The predicted molar refractivity (Wildman–Crippen MR) is 78.9 cm³/mol. The average molecular weight is 231 g/mol. The van der Waals surface area contributed by atoms with Crippen molar-refractivity contribution in [3.05, 3.63) is 59.9 Å². The molecular formula is C16H25N. The van der Waals surface area contributed by atoms with Crippen LogP contribution in [0.2, 0.25) is 0 Å². The van der Waals surface area contributed by atoms with E-state index in [4.69, 9.17) is 0 Å². The van der Waals surface area contributed by atoms with Crippen molar-refractivity contribution in [2.24, 2.45) is 0 Å². The monoisotopic (exact) mass is 231 g/mol. The van der Waals surface area contributed by atoms with Gasteiger partial charge in [0, 0.05) is 19.2 Å². The number of hydrogen-bond donors (Lipinski definition) is 1. The fourth-order valence-corrected chi connectivity index (χ4v) is 1.39. The van der Waals surface area contributed by atoms with Gasteiger partial charge in [0.05, 0.1) is 0 Å². The van der Waals surface area contributed by atoms with Crippen molar-refractivity contribution in [1.29, 1.82) is 0 Å². The van der Waals surface area contributed by atoms with Crippen molar-refractivity contribution in [2.75, 3.05) is 7.05 Å². The molecule has 0 rings (SSSR count). The van der Waals surface area contributed by atoms with Gasteiger partial charge in [-0.15, -0.1) is 6.58 Å². The van der Waals surface area contributed by atoms with Crippen LogP contribution in [0.25, 0.3) is 0 Å². The maximum Gasteiger partial charge on any atom is 0.0134 e. The summed E-state index contributed by atoms with van der Waals surface area (Å²) in [4.78, 5) is 0. The summed E-state index contributed by atoms with van der Waals surface area (Å²) in [5.74, 6) is 0. The van der Waals surface area contributed by atoms with Crippen LogP contribution in [0.4, 0.5) is 0 Å². The van der Waals surface area contributed by atoms with Crippen LogP contribution in [0.15, 0.2) is 59.9 Å². The molecule has 0 aliphatic rings. The van der Waals surface area contributed by atoms with E-state index < -0.39 is 0 Å². The summed E-state index contributed by atoms with van der Waals surface area (Å²) >= 11 is 0. The van der Waals surface area contributed by atoms with E-state index in [1.165, 1.54) is 16.8 Å². The van der Waals surface area contributed by atoms with E-state index >= 15 is 0 Å². The zero-order chi connectivity index (χ0) is 13.1. The molecule has 0 aromatic carbocycles. The Balaban J connectivity index is 4.26. The van der Waals surface area contributed by atoms with Crippen LogP contribution < -0.4 is 5.32 Å². The van der Waals surface area contributed by atoms with E-state index in [0.717, 1.165) is 12.8 Å². The second-order valence-corrected chi connectivity index (χ2v) is 4.26. The third kappa shape index (κ3) is 8.32. The minimum atomic E-state index is 0.907. The Morgan fingerprint density at radius 2 is 1.76 bits per heavy atom. The molecule has 0 aliphatic carbocycles. The van der Waals surface area contributed by atoms with Crippen LogP contribution in [0.3, 0.4) is 0 Å². The van der Waals surface area contributed by atoms with Crippen molar-refractivity contribution in [2.45, 2.75) is 33.6 Å². The van der Waals surface area contributed by atoms with Gasteiger partial charge in [0.2, 0.25) is 0 Å². The second kappa shape index (κ2) is 9.71. The van der Waals surface area contributed by atoms with Crippen molar-refractivity contribution >= 4 is 0 Å². The Hall–Kier alpha value is -1.50. The van der Waals surface area contributed by atoms with Crippen molar-refractivity contribution < 1.29 is 0 Å². The molecule has 1 N–H and O–H groups in total. The summed E-state index contributed by atoms with van der Waals surface area (Å²) < 4.78 is 0. The molecule has 0 radical (unpaired) electrons. The molecule has 0 heterocycles. The van der Waals surface area contributed by atoms with Gasteiger partial charge in [-0.2, -0.15) is 0 Å². The van der Waals surface area contributed by atoms with Gasteiger partial charge in [-0.05, 0) is 27.2 Å². The van der Waals surface area contributed by atoms with E-state index in [-0.39, 0.29) is 0 Å². The molecule has 0 saturated heterocycles. The predicted octanol–water partition coefficient (Wildman–Crippen LogP) is 4.52. The molecule has 1 heteroatoms. The summed E-state index contributed by atoms with van der Waals surface area (Å²) in [6, 6.07) is 0. The van der Waals surface area contributed by atoms with Gasteiger partial charge in [0.15, 0.2) is 0 Å². The second-order valence-electron chi connectivity index (χ2n) is 4.26. The lowest BCUT2D eigenvalue weighted by molar-refractivity contribution is 0.895. The topological polar surface area (TPSA) is 12.0 Å². The SMILES string of the molecule is C=CC/C(NC)=C(\C)C/C=C/C=C\C=C(C)C. The van der Waals surface area contributed by atoms with Crippen LogP contribution in [0.1, 0.15) is 33.6 Å². The summed E-state index contributed by atoms with van der Waals surface area (Å²) in [5, 5.41) is 3.22. The first-order valence-electron chi connectivity index (χ1n) is 6.05. The molecule has 94 valence electrons. The maximum atomic E-state index is 3.76. The lowest BCUT2D eigenvalue weighted by Crippen LogP contribution is -2.07. The Morgan fingerprint density at radius 1 is 1.06 bits per heavy atom. The third-order valence-corrected chi connectivity index (χ3v) is 2.38. The standard InChI is InChI=1S/C16H25N/c1-6-11-16(17-5)15(4)13-10-8-7-9-12-14(2)3/h6-10,12,17H,1,11,13H2,2-5H3/b9-7-,10-8+,16-15-. The van der Waals surface area contributed by atoms with E-state index in [1.807, 2.05) is 13.1 Å². The van der Waals surface area contributed by atoms with Crippen LogP contribution >= 0.6 is 0 Å². The van der Waals surface area contributed by atoms with Crippen LogP contribution in [0.5, 0.6) is 0 Å². The first kappa shape index (κ1) is 15.5. The highest BCUT2D eigenvalue weighted by Gasteiger charge is 1.95. The average Bonchev–Trinajstić information content (AvgIpc) is 2.29. The highest BCUT2D eigenvalue weighted by molar-refractivity contribution is 5.19. The molecule has 0 unspecified atom stereocenters. The Morgan fingerprint density at radius 3 is 2.29 bits per heavy atom. The maximum absolute atomic E-state index is 3.76. The number of allylic oxidation sites excluding steroid dienone is 8. The largest absolute Gasteiger partial charge is 0.391 e. The molecule has 0 aromatic heterocycles. The van der Waals surface area contributed by atoms with Gasteiger partial charge in [-0.1, -0.05) is 47.6 Å². The Kier molecular flexibility index (Phi) is 8.85. The lowest BCUT2D eigenvalue weighted by Gasteiger charge is -2.07. The molecular weight excluding hydrogens is 206 g/mol. The van der Waals surface area contributed by atoms with Gasteiger partial charge in [-0.3, -0.25) is 0 Å². The van der Waals surface area contributed by atoms with E-state index in [9.17, 15) is 0 Å². The molecule has 0 saturated carbocycles. The summed E-state index contributed by atoms with van der Waals surface area (Å²) in [5.41, 5.74) is 3.94. The normalized spacial score (nSPS) is 12.7. The molecule has 17 heavy (non-hydrogen) atoms. The highest BCUT2D eigenvalue weighted by atomic mass is 14.8. The third-order valence-electron chi connectivity index (χ3n) is 2.38. The molecule has 0 aromatic rings. The fourth-order valence-electron chi connectivity index (χ4n) is 1.39. The summed E-state index contributed by atoms with van der Waals surface area (Å²) in [7, 11) is 1.96. The number of rotatable bonds is 7. The molecule has 1 nitrogen and oxygen atoms in total. The summed E-state index contributed by atoms with van der Waals surface area (Å²) in [6.07, 6.45) is 14.3. The van der Waals surface area contributed by atoms with Crippen molar-refractivity contribution in [3.63, 3.8) is 0 Å². The zero-order valence-corrected chi connectivity index (χ0v) is 11.6. The Labute approximate surface area is 106 Å². The first-order chi connectivity index (χ1) is 8.11. The molecule has 0 amide bonds. The first-order valence-corrected chi connectivity index (χ1v) is 6.05. The van der Waals surface area contributed by atoms with Gasteiger partial charge in [0.25, 0.3) is 0 Å². The smallest absolute Gasteiger partial charge is 0.0134 e. The number of hydrogen-bond acceptors (Lipinski definition) is 1. The Bertz CT molecular complexity index is 337. The fraction of sp³-hybridized carbons (Fsp3) is 0.375. The quantitative estimate of drug-likeness (QED) is 0.501. The van der Waals surface area contributed by atoms with Crippen molar-refractivity contribution in [1.82, 2.24) is 5.32 Å². The van der Waals surface area contributed by atoms with Crippen LogP contribution in [0, 0.1) is 0 Å². The van der Waals surface area contributed by atoms with Crippen molar-refractivity contribution in [3.8, 4) is 0 Å². The van der Waals surface area contributed by atoms with Gasteiger partial charge >= 0.3 is 0 Å². The van der Waals surface area contributed by atoms with Crippen LogP contribution in [-0.2, 0) is 0 Å². The molecule has 0 aliphatic heterocycles. The highest BCUT2D eigenvalue weighted by Crippen LogP contribution is 2.10. The molecule has 0 fully saturated rings. The zero-order valence-electron chi connectivity index (χ0n) is 11.6. The van der Waals surface area contributed by atoms with Gasteiger partial charge < -0.3 is 5.32 Å². The number of nitrogens with one attached hydrogen (secondary N) is 1. The van der Waals surface area contributed by atoms with E-state index in [1.54, 1.807) is 0 Å².